The van der Waals surface area contributed by atoms with E-state index >= 15 is 0 Å². The summed E-state index contributed by atoms with van der Waals surface area (Å²) in [6.07, 6.45) is 0. The van der Waals surface area contributed by atoms with Crippen LogP contribution in [0.2, 0.25) is 0 Å². The lowest BCUT2D eigenvalue weighted by Crippen LogP contribution is -2.10. The highest BCUT2D eigenvalue weighted by atomic mass is 16.3. The van der Waals surface area contributed by atoms with Gasteiger partial charge >= 0.3 is 0 Å². The summed E-state index contributed by atoms with van der Waals surface area (Å²) in [6, 6.07) is 32.8. The molecule has 2 nitrogen and oxygen atoms in total. The van der Waals surface area contributed by atoms with E-state index < -0.39 is 0 Å². The zero-order valence-corrected chi connectivity index (χ0v) is 22.6. The van der Waals surface area contributed by atoms with E-state index in [-0.39, 0.29) is 16.3 Å². The Hall–Kier alpha value is -3.91. The average Bonchev–Trinajstić information content (AvgIpc) is 2.87. The van der Waals surface area contributed by atoms with E-state index in [2.05, 4.69) is 96.1 Å². The molecule has 0 fully saturated rings. The fraction of sp³-hybridized carbons (Fsp3) is 0.229. The molecule has 0 radical (unpaired) electrons. The fourth-order valence-electron chi connectivity index (χ4n) is 4.74. The summed E-state index contributed by atoms with van der Waals surface area (Å²) < 4.78 is 6.41. The van der Waals surface area contributed by atoms with Gasteiger partial charge in [-0.15, -0.1) is 0 Å². The fourth-order valence-corrected chi connectivity index (χ4v) is 4.74. The molecule has 0 saturated carbocycles. The molecule has 0 aliphatic carbocycles. The van der Waals surface area contributed by atoms with E-state index in [9.17, 15) is 4.79 Å². The largest absolute Gasteiger partial charge is 0.456 e. The Morgan fingerprint density at radius 1 is 0.541 bits per heavy atom. The Bertz CT molecular complexity index is 1610. The van der Waals surface area contributed by atoms with Crippen LogP contribution >= 0.6 is 0 Å². The molecular formula is C35H34O2. The second kappa shape index (κ2) is 9.19. The maximum atomic E-state index is 13.5. The van der Waals surface area contributed by atoms with Gasteiger partial charge in [-0.1, -0.05) is 120 Å². The van der Waals surface area contributed by atoms with Crippen LogP contribution in [0.1, 0.15) is 52.7 Å². The first-order chi connectivity index (χ1) is 17.5. The lowest BCUT2D eigenvalue weighted by atomic mass is 9.85. The van der Waals surface area contributed by atoms with Crippen molar-refractivity contribution in [1.82, 2.24) is 0 Å². The Balaban J connectivity index is 1.74. The number of hydrogen-bond donors (Lipinski definition) is 0. The molecule has 0 saturated heterocycles. The minimum absolute atomic E-state index is 0.0374. The van der Waals surface area contributed by atoms with Crippen LogP contribution < -0.4 is 5.43 Å². The highest BCUT2D eigenvalue weighted by molar-refractivity contribution is 5.97. The first kappa shape index (κ1) is 24.8. The topological polar surface area (TPSA) is 30.2 Å². The molecule has 1 aromatic heterocycles. The summed E-state index contributed by atoms with van der Waals surface area (Å²) >= 11 is 0. The lowest BCUT2D eigenvalue weighted by molar-refractivity contribution is 0.590. The van der Waals surface area contributed by atoms with Crippen molar-refractivity contribution in [2.75, 3.05) is 0 Å². The van der Waals surface area contributed by atoms with Gasteiger partial charge in [0.2, 0.25) is 0 Å². The number of fused-ring (bicyclic) bond motifs is 1. The third-order valence-electron chi connectivity index (χ3n) is 7.04. The van der Waals surface area contributed by atoms with E-state index in [1.54, 1.807) is 6.07 Å². The molecule has 0 N–H and O–H groups in total. The van der Waals surface area contributed by atoms with Crippen molar-refractivity contribution >= 4 is 11.0 Å². The van der Waals surface area contributed by atoms with Crippen LogP contribution in [-0.4, -0.2) is 0 Å². The van der Waals surface area contributed by atoms with Crippen LogP contribution in [0.3, 0.4) is 0 Å². The van der Waals surface area contributed by atoms with Gasteiger partial charge in [0.1, 0.15) is 11.3 Å². The van der Waals surface area contributed by atoms with Gasteiger partial charge in [-0.2, -0.15) is 0 Å². The zero-order valence-electron chi connectivity index (χ0n) is 22.6. The maximum Gasteiger partial charge on any atom is 0.193 e. The standard InChI is InChI=1S/C35H34O2/c1-34(2,3)27-16-12-23(13-17-27)26-20-29(24-14-18-28(19-15-24)35(4,5)6)33-30(36)22-31(37-32(33)21-26)25-10-8-7-9-11-25/h7-22H,1-6H3. The quantitative estimate of drug-likeness (QED) is 0.254. The Morgan fingerprint density at radius 2 is 1.08 bits per heavy atom. The smallest absolute Gasteiger partial charge is 0.193 e. The molecule has 5 rings (SSSR count). The SMILES string of the molecule is CC(C)(C)c1ccc(-c2cc(-c3ccc(C(C)(C)C)cc3)c3c(=O)cc(-c4ccccc4)oc3c2)cc1. The second-order valence-electron chi connectivity index (χ2n) is 11.9. The number of rotatable bonds is 3. The number of hydrogen-bond acceptors (Lipinski definition) is 2. The van der Waals surface area contributed by atoms with Crippen LogP contribution in [0.4, 0.5) is 0 Å². The van der Waals surface area contributed by atoms with Gasteiger partial charge in [0.05, 0.1) is 5.39 Å². The van der Waals surface area contributed by atoms with Crippen LogP contribution in [0.25, 0.3) is 44.5 Å². The molecule has 0 spiro atoms. The Kier molecular flexibility index (Phi) is 6.15. The van der Waals surface area contributed by atoms with Gasteiger partial charge in [0, 0.05) is 11.6 Å². The van der Waals surface area contributed by atoms with Crippen LogP contribution in [0, 0.1) is 0 Å². The number of benzene rings is 4. The molecule has 1 heterocycles. The minimum Gasteiger partial charge on any atom is -0.456 e. The average molecular weight is 487 g/mol. The van der Waals surface area contributed by atoms with Gasteiger partial charge in [-0.3, -0.25) is 4.79 Å². The Labute approximate surface area is 219 Å². The second-order valence-corrected chi connectivity index (χ2v) is 11.9. The molecular weight excluding hydrogens is 452 g/mol. The van der Waals surface area contributed by atoms with Crippen molar-refractivity contribution < 1.29 is 4.42 Å². The molecule has 186 valence electrons. The molecule has 4 aromatic carbocycles. The predicted molar refractivity (Wildman–Crippen MR) is 156 cm³/mol. The van der Waals surface area contributed by atoms with Crippen LogP contribution in [0.15, 0.2) is 106 Å². The van der Waals surface area contributed by atoms with Gasteiger partial charge in [0.25, 0.3) is 0 Å². The van der Waals surface area contributed by atoms with Gasteiger partial charge < -0.3 is 4.42 Å². The third kappa shape index (κ3) is 5.02. The zero-order chi connectivity index (χ0) is 26.4. The van der Waals surface area contributed by atoms with Crippen molar-refractivity contribution in [3.05, 3.63) is 118 Å². The van der Waals surface area contributed by atoms with E-state index in [0.29, 0.717) is 16.7 Å². The molecule has 0 bridgehead atoms. The maximum absolute atomic E-state index is 13.5. The van der Waals surface area contributed by atoms with Gasteiger partial charge in [-0.25, -0.2) is 0 Å². The molecule has 2 heteroatoms. The van der Waals surface area contributed by atoms with Crippen molar-refractivity contribution in [1.29, 1.82) is 0 Å². The summed E-state index contributed by atoms with van der Waals surface area (Å²) in [5.41, 5.74) is 8.14. The summed E-state index contributed by atoms with van der Waals surface area (Å²) in [7, 11) is 0. The summed E-state index contributed by atoms with van der Waals surface area (Å²) in [5.74, 6) is 0.576. The predicted octanol–water partition coefficient (Wildman–Crippen LogP) is 9.39. The summed E-state index contributed by atoms with van der Waals surface area (Å²) in [4.78, 5) is 13.5. The highest BCUT2D eigenvalue weighted by Gasteiger charge is 2.18. The van der Waals surface area contributed by atoms with E-state index in [1.165, 1.54) is 11.1 Å². The lowest BCUT2D eigenvalue weighted by Gasteiger charge is -2.20. The van der Waals surface area contributed by atoms with Gasteiger partial charge in [-0.05, 0) is 56.3 Å². The van der Waals surface area contributed by atoms with Crippen molar-refractivity contribution in [2.45, 2.75) is 52.4 Å². The van der Waals surface area contributed by atoms with E-state index in [0.717, 1.165) is 27.8 Å². The van der Waals surface area contributed by atoms with Crippen molar-refractivity contribution in [2.24, 2.45) is 0 Å². The van der Waals surface area contributed by atoms with Gasteiger partial charge in [0.15, 0.2) is 5.43 Å². The molecule has 0 aliphatic heterocycles. The minimum atomic E-state index is -0.0374. The van der Waals surface area contributed by atoms with E-state index in [4.69, 9.17) is 4.42 Å². The third-order valence-corrected chi connectivity index (χ3v) is 7.04. The van der Waals surface area contributed by atoms with E-state index in [1.807, 2.05) is 36.4 Å². The molecule has 0 aliphatic rings. The van der Waals surface area contributed by atoms with Crippen LogP contribution in [-0.2, 0) is 10.8 Å². The Morgan fingerprint density at radius 3 is 1.62 bits per heavy atom. The summed E-state index contributed by atoms with van der Waals surface area (Å²) in [6.45, 7) is 13.3. The van der Waals surface area contributed by atoms with Crippen LogP contribution in [0.5, 0.6) is 0 Å². The molecule has 37 heavy (non-hydrogen) atoms. The summed E-state index contributed by atoms with van der Waals surface area (Å²) in [5, 5.41) is 0.609. The highest BCUT2D eigenvalue weighted by Crippen LogP contribution is 2.36. The molecule has 0 amide bonds. The first-order valence-corrected chi connectivity index (χ1v) is 12.9. The molecule has 5 aromatic rings. The van der Waals surface area contributed by atoms with Crippen molar-refractivity contribution in [3.8, 4) is 33.6 Å². The molecule has 0 unspecified atom stereocenters. The monoisotopic (exact) mass is 486 g/mol. The molecule has 0 atom stereocenters. The normalized spacial score (nSPS) is 12.2. The first-order valence-electron chi connectivity index (χ1n) is 12.9. The van der Waals surface area contributed by atoms with Crippen molar-refractivity contribution in [3.63, 3.8) is 0 Å².